The number of anilines is 2. The van der Waals surface area contributed by atoms with Crippen LogP contribution < -0.4 is 14.8 Å². The fourth-order valence-corrected chi connectivity index (χ4v) is 4.28. The third-order valence-electron chi connectivity index (χ3n) is 4.38. The first kappa shape index (κ1) is 14.0. The molecule has 0 amide bonds. The number of pyridine rings is 1. The first-order valence-corrected chi connectivity index (χ1v) is 9.19. The van der Waals surface area contributed by atoms with Crippen LogP contribution in [0.15, 0.2) is 42.5 Å². The Balaban J connectivity index is 1.62. The van der Waals surface area contributed by atoms with E-state index in [1.807, 2.05) is 36.0 Å². The molecule has 0 spiro atoms. The SMILES string of the molecule is c1ccc2c(Nc3ccc4c(c3)OCCO4)c3c(nc2c1)CSC3. The third kappa shape index (κ3) is 2.27. The molecular formula is C19H16N2O2S. The van der Waals surface area contributed by atoms with Crippen molar-refractivity contribution in [2.45, 2.75) is 11.5 Å². The lowest BCUT2D eigenvalue weighted by atomic mass is 10.1. The van der Waals surface area contributed by atoms with E-state index in [-0.39, 0.29) is 0 Å². The molecule has 0 fully saturated rings. The Morgan fingerprint density at radius 3 is 2.79 bits per heavy atom. The molecule has 5 rings (SSSR count). The maximum Gasteiger partial charge on any atom is 0.163 e. The van der Waals surface area contributed by atoms with Gasteiger partial charge < -0.3 is 14.8 Å². The highest BCUT2D eigenvalue weighted by atomic mass is 32.2. The lowest BCUT2D eigenvalue weighted by Gasteiger charge is -2.20. The summed E-state index contributed by atoms with van der Waals surface area (Å²) in [7, 11) is 0. The zero-order valence-corrected chi connectivity index (χ0v) is 13.9. The highest BCUT2D eigenvalue weighted by Gasteiger charge is 2.20. The Kier molecular flexibility index (Phi) is 3.26. The Hall–Kier alpha value is -2.40. The average molecular weight is 336 g/mol. The summed E-state index contributed by atoms with van der Waals surface area (Å²) in [5, 5.41) is 4.77. The predicted octanol–water partition coefficient (Wildman–Crippen LogP) is 4.50. The molecule has 0 bridgehead atoms. The molecule has 24 heavy (non-hydrogen) atoms. The van der Waals surface area contributed by atoms with Crippen molar-refractivity contribution in [3.63, 3.8) is 0 Å². The zero-order chi connectivity index (χ0) is 15.9. The summed E-state index contributed by atoms with van der Waals surface area (Å²) >= 11 is 1.91. The van der Waals surface area contributed by atoms with E-state index in [9.17, 15) is 0 Å². The third-order valence-corrected chi connectivity index (χ3v) is 5.35. The van der Waals surface area contributed by atoms with Gasteiger partial charge in [0.2, 0.25) is 0 Å². The molecule has 3 heterocycles. The van der Waals surface area contributed by atoms with E-state index >= 15 is 0 Å². The van der Waals surface area contributed by atoms with Crippen LogP contribution in [0.25, 0.3) is 10.9 Å². The van der Waals surface area contributed by atoms with Gasteiger partial charge in [0.15, 0.2) is 11.5 Å². The molecule has 0 atom stereocenters. The number of ether oxygens (including phenoxy) is 2. The maximum atomic E-state index is 5.70. The highest BCUT2D eigenvalue weighted by Crippen LogP contribution is 2.40. The molecule has 120 valence electrons. The van der Waals surface area contributed by atoms with Crippen molar-refractivity contribution in [1.29, 1.82) is 0 Å². The predicted molar refractivity (Wildman–Crippen MR) is 97.5 cm³/mol. The van der Waals surface area contributed by atoms with Crippen LogP contribution in [0.5, 0.6) is 11.5 Å². The van der Waals surface area contributed by atoms with Gasteiger partial charge >= 0.3 is 0 Å². The lowest BCUT2D eigenvalue weighted by molar-refractivity contribution is 0.171. The molecule has 3 aromatic rings. The summed E-state index contributed by atoms with van der Waals surface area (Å²) in [6.45, 7) is 1.21. The second-order valence-electron chi connectivity index (χ2n) is 5.91. The number of nitrogens with one attached hydrogen (secondary N) is 1. The van der Waals surface area contributed by atoms with Gasteiger partial charge in [0.05, 0.1) is 16.9 Å². The maximum absolute atomic E-state index is 5.70. The number of aromatic nitrogens is 1. The van der Waals surface area contributed by atoms with Gasteiger partial charge in [-0.2, -0.15) is 11.8 Å². The normalized spacial score (nSPS) is 15.3. The molecule has 2 aliphatic rings. The molecule has 0 unspecified atom stereocenters. The summed E-state index contributed by atoms with van der Waals surface area (Å²) in [6, 6.07) is 14.3. The minimum atomic E-state index is 0.598. The first-order valence-electron chi connectivity index (χ1n) is 8.03. The molecule has 0 saturated carbocycles. The minimum absolute atomic E-state index is 0.598. The van der Waals surface area contributed by atoms with E-state index < -0.39 is 0 Å². The van der Waals surface area contributed by atoms with Gasteiger partial charge in [-0.15, -0.1) is 0 Å². The van der Waals surface area contributed by atoms with Gasteiger partial charge in [0.1, 0.15) is 13.2 Å². The van der Waals surface area contributed by atoms with E-state index in [2.05, 4.69) is 23.5 Å². The monoisotopic (exact) mass is 336 g/mol. The summed E-state index contributed by atoms with van der Waals surface area (Å²) in [4.78, 5) is 4.82. The molecule has 0 saturated heterocycles. The topological polar surface area (TPSA) is 43.4 Å². The fraction of sp³-hybridized carbons (Fsp3) is 0.211. The molecule has 0 aliphatic carbocycles. The summed E-state index contributed by atoms with van der Waals surface area (Å²) < 4.78 is 11.3. The number of fused-ring (bicyclic) bond motifs is 3. The summed E-state index contributed by atoms with van der Waals surface area (Å²) in [6.07, 6.45) is 0. The van der Waals surface area contributed by atoms with Crippen molar-refractivity contribution in [2.24, 2.45) is 0 Å². The van der Waals surface area contributed by atoms with Crippen molar-refractivity contribution in [1.82, 2.24) is 4.98 Å². The van der Waals surface area contributed by atoms with Gasteiger partial charge in [-0.1, -0.05) is 18.2 Å². The summed E-state index contributed by atoms with van der Waals surface area (Å²) in [5.41, 5.74) is 5.72. The van der Waals surface area contributed by atoms with Gasteiger partial charge in [0, 0.05) is 34.2 Å². The lowest BCUT2D eigenvalue weighted by Crippen LogP contribution is -2.15. The number of hydrogen-bond donors (Lipinski definition) is 1. The quantitative estimate of drug-likeness (QED) is 0.746. The summed E-state index contributed by atoms with van der Waals surface area (Å²) in [5.74, 6) is 3.60. The van der Waals surface area contributed by atoms with E-state index in [0.717, 1.165) is 45.3 Å². The van der Waals surface area contributed by atoms with E-state index in [0.29, 0.717) is 13.2 Å². The molecule has 2 aromatic carbocycles. The standard InChI is InChI=1S/C19H16N2O2S/c1-2-4-15-13(3-1)19(14-10-24-11-16(14)21-15)20-12-5-6-17-18(9-12)23-8-7-22-17/h1-6,9H,7-8,10-11H2,(H,20,21). The molecule has 1 N–H and O–H groups in total. The molecule has 2 aliphatic heterocycles. The Morgan fingerprint density at radius 1 is 0.958 bits per heavy atom. The van der Waals surface area contributed by atoms with E-state index in [1.165, 1.54) is 11.3 Å². The van der Waals surface area contributed by atoms with Crippen LogP contribution in [-0.4, -0.2) is 18.2 Å². The van der Waals surface area contributed by atoms with Crippen molar-refractivity contribution >= 4 is 34.0 Å². The van der Waals surface area contributed by atoms with Crippen LogP contribution >= 0.6 is 11.8 Å². The van der Waals surface area contributed by atoms with Crippen LogP contribution in [0.1, 0.15) is 11.3 Å². The number of para-hydroxylation sites is 1. The fourth-order valence-electron chi connectivity index (χ4n) is 3.24. The second kappa shape index (κ2) is 5.60. The molecular weight excluding hydrogens is 320 g/mol. The van der Waals surface area contributed by atoms with Crippen molar-refractivity contribution in [2.75, 3.05) is 18.5 Å². The Bertz CT molecular complexity index is 942. The van der Waals surface area contributed by atoms with Crippen molar-refractivity contribution in [3.05, 3.63) is 53.7 Å². The van der Waals surface area contributed by atoms with E-state index in [4.69, 9.17) is 14.5 Å². The Labute approximate surface area is 144 Å². The second-order valence-corrected chi connectivity index (χ2v) is 6.89. The zero-order valence-electron chi connectivity index (χ0n) is 13.0. The van der Waals surface area contributed by atoms with Crippen LogP contribution in [0.4, 0.5) is 11.4 Å². The molecule has 1 aromatic heterocycles. The largest absolute Gasteiger partial charge is 0.486 e. The Morgan fingerprint density at radius 2 is 1.83 bits per heavy atom. The molecule has 4 nitrogen and oxygen atoms in total. The number of benzene rings is 2. The van der Waals surface area contributed by atoms with Crippen molar-refractivity contribution < 1.29 is 9.47 Å². The van der Waals surface area contributed by atoms with Crippen LogP contribution in [0.2, 0.25) is 0 Å². The van der Waals surface area contributed by atoms with E-state index in [1.54, 1.807) is 0 Å². The number of thioether (sulfide) groups is 1. The highest BCUT2D eigenvalue weighted by molar-refractivity contribution is 7.98. The van der Waals surface area contributed by atoms with Gasteiger partial charge in [-0.25, -0.2) is 0 Å². The average Bonchev–Trinajstić information content (AvgIpc) is 3.10. The number of nitrogens with zero attached hydrogens (tertiary/aromatic N) is 1. The molecule has 0 radical (unpaired) electrons. The number of rotatable bonds is 2. The van der Waals surface area contributed by atoms with Gasteiger partial charge in [-0.05, 0) is 18.2 Å². The van der Waals surface area contributed by atoms with Gasteiger partial charge in [-0.3, -0.25) is 4.98 Å². The van der Waals surface area contributed by atoms with Crippen LogP contribution in [-0.2, 0) is 11.5 Å². The number of hydrogen-bond acceptors (Lipinski definition) is 5. The molecule has 5 heteroatoms. The van der Waals surface area contributed by atoms with Gasteiger partial charge in [0.25, 0.3) is 0 Å². The first-order chi connectivity index (χ1) is 11.9. The minimum Gasteiger partial charge on any atom is -0.486 e. The van der Waals surface area contributed by atoms with Crippen molar-refractivity contribution in [3.8, 4) is 11.5 Å². The van der Waals surface area contributed by atoms with Crippen LogP contribution in [0, 0.1) is 0 Å². The smallest absolute Gasteiger partial charge is 0.163 e. The van der Waals surface area contributed by atoms with Crippen LogP contribution in [0.3, 0.4) is 0 Å².